The molecular weight excluding hydrogens is 178 g/mol. The van der Waals surface area contributed by atoms with Crippen LogP contribution in [0.25, 0.3) is 0 Å². The molecule has 14 heavy (non-hydrogen) atoms. The van der Waals surface area contributed by atoms with Crippen molar-refractivity contribution in [1.82, 2.24) is 4.90 Å². The van der Waals surface area contributed by atoms with Crippen LogP contribution in [-0.2, 0) is 4.74 Å². The molecule has 80 valence electrons. The fourth-order valence-electron chi connectivity index (χ4n) is 1.88. The highest BCUT2D eigenvalue weighted by molar-refractivity contribution is 5.78. The van der Waals surface area contributed by atoms with Crippen molar-refractivity contribution in [3.63, 3.8) is 0 Å². The SMILES string of the molecule is CC1OCCC1N(C)C(N)=NC1CC1. The number of aliphatic imine (C=N–C) groups is 1. The van der Waals surface area contributed by atoms with Gasteiger partial charge in [0.1, 0.15) is 0 Å². The molecule has 0 aromatic heterocycles. The molecule has 0 aromatic carbocycles. The number of guanidine groups is 1. The van der Waals surface area contributed by atoms with E-state index in [2.05, 4.69) is 16.8 Å². The van der Waals surface area contributed by atoms with E-state index in [9.17, 15) is 0 Å². The van der Waals surface area contributed by atoms with E-state index in [0.29, 0.717) is 18.0 Å². The van der Waals surface area contributed by atoms with Crippen LogP contribution in [-0.4, -0.2) is 42.7 Å². The van der Waals surface area contributed by atoms with Crippen LogP contribution in [0.15, 0.2) is 4.99 Å². The van der Waals surface area contributed by atoms with E-state index in [0.717, 1.165) is 13.0 Å². The summed E-state index contributed by atoms with van der Waals surface area (Å²) >= 11 is 0. The first-order valence-electron chi connectivity index (χ1n) is 5.36. The first kappa shape index (κ1) is 9.77. The topological polar surface area (TPSA) is 50.9 Å². The minimum Gasteiger partial charge on any atom is -0.376 e. The number of rotatable bonds is 2. The van der Waals surface area contributed by atoms with Crippen molar-refractivity contribution in [3.8, 4) is 0 Å². The predicted molar refractivity (Wildman–Crippen MR) is 56.2 cm³/mol. The van der Waals surface area contributed by atoms with Gasteiger partial charge in [-0.05, 0) is 26.2 Å². The minimum absolute atomic E-state index is 0.271. The lowest BCUT2D eigenvalue weighted by Crippen LogP contribution is -2.45. The summed E-state index contributed by atoms with van der Waals surface area (Å²) in [4.78, 5) is 6.50. The Morgan fingerprint density at radius 2 is 2.14 bits per heavy atom. The van der Waals surface area contributed by atoms with Crippen LogP contribution in [0.4, 0.5) is 0 Å². The van der Waals surface area contributed by atoms with E-state index in [4.69, 9.17) is 10.5 Å². The third-order valence-electron chi connectivity index (χ3n) is 3.06. The van der Waals surface area contributed by atoms with E-state index in [-0.39, 0.29) is 6.10 Å². The van der Waals surface area contributed by atoms with Gasteiger partial charge < -0.3 is 15.4 Å². The third kappa shape index (κ3) is 2.00. The minimum atomic E-state index is 0.271. The Hall–Kier alpha value is -0.770. The predicted octanol–water partition coefficient (Wildman–Crippen LogP) is 0.573. The molecule has 4 heteroatoms. The molecule has 2 rings (SSSR count). The van der Waals surface area contributed by atoms with E-state index in [1.165, 1.54) is 12.8 Å². The molecule has 2 atom stereocenters. The lowest BCUT2D eigenvalue weighted by atomic mass is 10.1. The number of ether oxygens (including phenoxy) is 1. The Kier molecular flexibility index (Phi) is 2.63. The molecule has 1 saturated carbocycles. The monoisotopic (exact) mass is 197 g/mol. The van der Waals surface area contributed by atoms with Crippen molar-refractivity contribution in [3.05, 3.63) is 0 Å². The van der Waals surface area contributed by atoms with Gasteiger partial charge in [0, 0.05) is 13.7 Å². The number of nitrogens with zero attached hydrogens (tertiary/aromatic N) is 2. The van der Waals surface area contributed by atoms with Crippen molar-refractivity contribution < 1.29 is 4.74 Å². The molecule has 0 radical (unpaired) electrons. The summed E-state index contributed by atoms with van der Waals surface area (Å²) < 4.78 is 5.51. The molecule has 2 aliphatic rings. The van der Waals surface area contributed by atoms with Gasteiger partial charge in [-0.15, -0.1) is 0 Å². The van der Waals surface area contributed by atoms with E-state index >= 15 is 0 Å². The van der Waals surface area contributed by atoms with Crippen LogP contribution >= 0.6 is 0 Å². The smallest absolute Gasteiger partial charge is 0.191 e. The second-order valence-corrected chi connectivity index (χ2v) is 4.26. The molecule has 2 fully saturated rings. The molecule has 0 spiro atoms. The van der Waals surface area contributed by atoms with E-state index < -0.39 is 0 Å². The summed E-state index contributed by atoms with van der Waals surface area (Å²) in [7, 11) is 2.01. The van der Waals surface area contributed by atoms with Gasteiger partial charge in [0.15, 0.2) is 5.96 Å². The van der Waals surface area contributed by atoms with Crippen LogP contribution in [0.1, 0.15) is 26.2 Å². The summed E-state index contributed by atoms with van der Waals surface area (Å²) in [6.07, 6.45) is 3.72. The third-order valence-corrected chi connectivity index (χ3v) is 3.06. The summed E-state index contributed by atoms with van der Waals surface area (Å²) in [5.41, 5.74) is 5.92. The van der Waals surface area contributed by atoms with Crippen LogP contribution in [0.2, 0.25) is 0 Å². The Morgan fingerprint density at radius 1 is 1.43 bits per heavy atom. The maximum absolute atomic E-state index is 5.92. The fraction of sp³-hybridized carbons (Fsp3) is 0.900. The zero-order valence-corrected chi connectivity index (χ0v) is 8.94. The molecular formula is C10H19N3O. The molecule has 2 N–H and O–H groups in total. The number of hydrogen-bond donors (Lipinski definition) is 1. The molecule has 1 aliphatic heterocycles. The molecule has 0 amide bonds. The Bertz CT molecular complexity index is 238. The average molecular weight is 197 g/mol. The molecule has 0 aromatic rings. The van der Waals surface area contributed by atoms with E-state index in [1.54, 1.807) is 0 Å². The van der Waals surface area contributed by atoms with Gasteiger partial charge in [-0.25, -0.2) is 4.99 Å². The largest absolute Gasteiger partial charge is 0.376 e. The van der Waals surface area contributed by atoms with Gasteiger partial charge in [0.2, 0.25) is 0 Å². The summed E-state index contributed by atoms with van der Waals surface area (Å²) in [6, 6.07) is 0.896. The maximum atomic E-state index is 5.92. The highest BCUT2D eigenvalue weighted by Crippen LogP contribution is 2.24. The van der Waals surface area contributed by atoms with Gasteiger partial charge in [-0.1, -0.05) is 0 Å². The van der Waals surface area contributed by atoms with Crippen molar-refractivity contribution >= 4 is 5.96 Å². The first-order valence-corrected chi connectivity index (χ1v) is 5.36. The van der Waals surface area contributed by atoms with Crippen molar-refractivity contribution in [2.45, 2.75) is 44.4 Å². The summed E-state index contributed by atoms with van der Waals surface area (Å²) in [5, 5.41) is 0. The lowest BCUT2D eigenvalue weighted by Gasteiger charge is -2.27. The maximum Gasteiger partial charge on any atom is 0.191 e. The average Bonchev–Trinajstić information content (AvgIpc) is 2.86. The van der Waals surface area contributed by atoms with Crippen LogP contribution in [0.5, 0.6) is 0 Å². The molecule has 1 heterocycles. The van der Waals surface area contributed by atoms with Crippen LogP contribution in [0, 0.1) is 0 Å². The Labute approximate surface area is 85.1 Å². The molecule has 0 bridgehead atoms. The van der Waals surface area contributed by atoms with Crippen molar-refractivity contribution in [2.24, 2.45) is 10.7 Å². The second-order valence-electron chi connectivity index (χ2n) is 4.26. The Balaban J connectivity index is 1.95. The van der Waals surface area contributed by atoms with Gasteiger partial charge in [-0.3, -0.25) is 0 Å². The molecule has 2 unspecified atom stereocenters. The standard InChI is InChI=1S/C10H19N3O/c1-7-9(5-6-14-7)13(2)10(11)12-8-3-4-8/h7-9H,3-6H2,1-2H3,(H2,11,12). The highest BCUT2D eigenvalue weighted by atomic mass is 16.5. The first-order chi connectivity index (χ1) is 6.68. The highest BCUT2D eigenvalue weighted by Gasteiger charge is 2.30. The zero-order valence-electron chi connectivity index (χ0n) is 8.94. The summed E-state index contributed by atoms with van der Waals surface area (Å²) in [5.74, 6) is 0.676. The molecule has 1 aliphatic carbocycles. The Morgan fingerprint density at radius 3 is 2.64 bits per heavy atom. The normalized spacial score (nSPS) is 33.4. The fourth-order valence-corrected chi connectivity index (χ4v) is 1.88. The molecule has 4 nitrogen and oxygen atoms in total. The zero-order chi connectivity index (χ0) is 10.1. The number of nitrogens with two attached hydrogens (primary N) is 1. The van der Waals surface area contributed by atoms with Gasteiger partial charge in [0.25, 0.3) is 0 Å². The van der Waals surface area contributed by atoms with E-state index in [1.807, 2.05) is 7.05 Å². The van der Waals surface area contributed by atoms with Gasteiger partial charge >= 0.3 is 0 Å². The second kappa shape index (κ2) is 3.77. The van der Waals surface area contributed by atoms with Crippen LogP contribution in [0.3, 0.4) is 0 Å². The lowest BCUT2D eigenvalue weighted by molar-refractivity contribution is 0.0996. The quantitative estimate of drug-likeness (QED) is 0.520. The number of likely N-dealkylation sites (N-methyl/N-ethyl adjacent to an activating group) is 1. The molecule has 1 saturated heterocycles. The summed E-state index contributed by atoms with van der Waals surface area (Å²) in [6.45, 7) is 2.94. The number of hydrogen-bond acceptors (Lipinski definition) is 2. The van der Waals surface area contributed by atoms with Gasteiger partial charge in [0.05, 0.1) is 18.2 Å². The van der Waals surface area contributed by atoms with Crippen molar-refractivity contribution in [1.29, 1.82) is 0 Å². The van der Waals surface area contributed by atoms with Gasteiger partial charge in [-0.2, -0.15) is 0 Å². The van der Waals surface area contributed by atoms with Crippen LogP contribution < -0.4 is 5.73 Å². The van der Waals surface area contributed by atoms with Crippen molar-refractivity contribution in [2.75, 3.05) is 13.7 Å².